The maximum absolute atomic E-state index is 12.1. The van der Waals surface area contributed by atoms with Gasteiger partial charge in [-0.3, -0.25) is 0 Å². The Bertz CT molecular complexity index is 646. The summed E-state index contributed by atoms with van der Waals surface area (Å²) in [4.78, 5) is 6.73. The molecule has 2 N–H and O–H groups in total. The molecular formula is C14H21N3O2S2. The predicted octanol–water partition coefficient (Wildman–Crippen LogP) is 0.953. The molecule has 1 fully saturated rings. The highest BCUT2D eigenvalue weighted by Crippen LogP contribution is 2.31. The van der Waals surface area contributed by atoms with Gasteiger partial charge in [0.05, 0.1) is 0 Å². The zero-order chi connectivity index (χ0) is 15.0. The van der Waals surface area contributed by atoms with Crippen molar-refractivity contribution >= 4 is 27.4 Å². The van der Waals surface area contributed by atoms with E-state index in [1.165, 1.54) is 11.8 Å². The third kappa shape index (κ3) is 2.91. The van der Waals surface area contributed by atoms with E-state index in [2.05, 4.69) is 6.07 Å². The van der Waals surface area contributed by atoms with Gasteiger partial charge in [0.15, 0.2) is 9.84 Å². The zero-order valence-corrected chi connectivity index (χ0v) is 13.8. The molecule has 0 saturated carbocycles. The molecule has 0 aromatic carbocycles. The molecule has 1 atom stereocenters. The van der Waals surface area contributed by atoms with Crippen molar-refractivity contribution in [3.05, 3.63) is 22.9 Å². The Hall–Kier alpha value is -0.790. The van der Waals surface area contributed by atoms with Crippen LogP contribution in [0, 0.1) is 0 Å². The molecule has 116 valence electrons. The fraction of sp³-hybridized carbons (Fsp3) is 0.643. The van der Waals surface area contributed by atoms with Gasteiger partial charge in [-0.25, -0.2) is 13.4 Å². The summed E-state index contributed by atoms with van der Waals surface area (Å²) in [7, 11) is -3.14. The number of anilines is 1. The van der Waals surface area contributed by atoms with Gasteiger partial charge >= 0.3 is 0 Å². The minimum Gasteiger partial charge on any atom is -0.338 e. The number of rotatable bonds is 3. The quantitative estimate of drug-likeness (QED) is 0.891. The van der Waals surface area contributed by atoms with Crippen LogP contribution in [-0.2, 0) is 29.2 Å². The summed E-state index contributed by atoms with van der Waals surface area (Å²) in [5, 5.41) is -0.492. The molecule has 1 aromatic rings. The first-order valence-electron chi connectivity index (χ1n) is 7.25. The van der Waals surface area contributed by atoms with E-state index >= 15 is 0 Å². The monoisotopic (exact) mass is 327 g/mol. The molecule has 2 heterocycles. The van der Waals surface area contributed by atoms with E-state index < -0.39 is 15.2 Å². The van der Waals surface area contributed by atoms with E-state index in [1.807, 2.05) is 4.90 Å². The lowest BCUT2D eigenvalue weighted by molar-refractivity contribution is 0.583. The highest BCUT2D eigenvalue weighted by Gasteiger charge is 2.33. The Labute approximate surface area is 130 Å². The first kappa shape index (κ1) is 15.1. The second-order valence-corrected chi connectivity index (χ2v) is 9.04. The molecular weight excluding hydrogens is 306 g/mol. The zero-order valence-electron chi connectivity index (χ0n) is 12.2. The summed E-state index contributed by atoms with van der Waals surface area (Å²) in [5.41, 5.74) is 9.25. The molecule has 1 saturated heterocycles. The largest absolute Gasteiger partial charge is 0.338 e. The van der Waals surface area contributed by atoms with Crippen LogP contribution >= 0.6 is 11.8 Å². The van der Waals surface area contributed by atoms with Gasteiger partial charge in [0.1, 0.15) is 11.2 Å². The van der Waals surface area contributed by atoms with Crippen molar-refractivity contribution in [3.63, 3.8) is 0 Å². The Morgan fingerprint density at radius 3 is 3.00 bits per heavy atom. The van der Waals surface area contributed by atoms with Crippen LogP contribution in [0.3, 0.4) is 0 Å². The maximum Gasteiger partial charge on any atom is 0.169 e. The van der Waals surface area contributed by atoms with Crippen LogP contribution < -0.4 is 10.6 Å². The molecule has 1 aliphatic heterocycles. The van der Waals surface area contributed by atoms with E-state index in [-0.39, 0.29) is 0 Å². The molecule has 7 heteroatoms. The van der Waals surface area contributed by atoms with Gasteiger partial charge in [-0.05, 0) is 30.9 Å². The number of sulfone groups is 1. The van der Waals surface area contributed by atoms with Gasteiger partial charge in [-0.1, -0.05) is 0 Å². The van der Waals surface area contributed by atoms with Crippen molar-refractivity contribution in [2.45, 2.75) is 31.2 Å². The molecule has 5 nitrogen and oxygen atoms in total. The lowest BCUT2D eigenvalue weighted by Crippen LogP contribution is -2.48. The maximum atomic E-state index is 12.1. The minimum atomic E-state index is -3.14. The van der Waals surface area contributed by atoms with Crippen molar-refractivity contribution in [1.29, 1.82) is 0 Å². The topological polar surface area (TPSA) is 76.3 Å². The average molecular weight is 327 g/mol. The van der Waals surface area contributed by atoms with Crippen LogP contribution in [0.2, 0.25) is 0 Å². The second-order valence-electron chi connectivity index (χ2n) is 5.69. The van der Waals surface area contributed by atoms with Crippen molar-refractivity contribution in [3.8, 4) is 0 Å². The Morgan fingerprint density at radius 1 is 1.48 bits per heavy atom. The molecule has 1 aliphatic carbocycles. The van der Waals surface area contributed by atoms with Gasteiger partial charge in [0.2, 0.25) is 0 Å². The lowest BCUT2D eigenvalue weighted by atomic mass is 10.1. The summed E-state index contributed by atoms with van der Waals surface area (Å²) < 4.78 is 24.2. The van der Waals surface area contributed by atoms with Crippen LogP contribution in [0.4, 0.5) is 5.82 Å². The summed E-state index contributed by atoms with van der Waals surface area (Å²) in [6.07, 6.45) is 4.48. The first-order chi connectivity index (χ1) is 10.0. The predicted molar refractivity (Wildman–Crippen MR) is 87.5 cm³/mol. The number of aromatic nitrogens is 1. The number of hydrogen-bond donors (Lipinski definition) is 1. The van der Waals surface area contributed by atoms with E-state index in [0.717, 1.165) is 42.1 Å². The SMILES string of the molecule is CS(=O)(=O)C1CSCCN1c1nc2c(cc1CN)CCC2. The number of nitrogens with two attached hydrogens (primary N) is 1. The van der Waals surface area contributed by atoms with E-state index in [9.17, 15) is 8.42 Å². The molecule has 1 aromatic heterocycles. The number of pyridine rings is 1. The smallest absolute Gasteiger partial charge is 0.169 e. The van der Waals surface area contributed by atoms with Crippen molar-refractivity contribution < 1.29 is 8.42 Å². The average Bonchev–Trinajstić information content (AvgIpc) is 2.92. The van der Waals surface area contributed by atoms with Gasteiger partial charge in [-0.2, -0.15) is 11.8 Å². The van der Waals surface area contributed by atoms with Crippen LogP contribution in [0.5, 0.6) is 0 Å². The summed E-state index contributed by atoms with van der Waals surface area (Å²) in [5.74, 6) is 2.31. The highest BCUT2D eigenvalue weighted by molar-refractivity contribution is 8.01. The fourth-order valence-electron chi connectivity index (χ4n) is 3.09. The molecule has 0 radical (unpaired) electrons. The van der Waals surface area contributed by atoms with Crippen molar-refractivity contribution in [2.75, 3.05) is 29.2 Å². The molecule has 2 aliphatic rings. The summed E-state index contributed by atoms with van der Waals surface area (Å²) >= 11 is 1.69. The summed E-state index contributed by atoms with van der Waals surface area (Å²) in [6, 6.07) is 2.13. The van der Waals surface area contributed by atoms with Crippen LogP contribution in [-0.4, -0.2) is 43.1 Å². The van der Waals surface area contributed by atoms with Crippen LogP contribution in [0.15, 0.2) is 6.07 Å². The minimum absolute atomic E-state index is 0.399. The number of hydrogen-bond acceptors (Lipinski definition) is 6. The lowest BCUT2D eigenvalue weighted by Gasteiger charge is -2.36. The van der Waals surface area contributed by atoms with Gasteiger partial charge in [-0.15, -0.1) is 0 Å². The normalized spacial score (nSPS) is 22.4. The van der Waals surface area contributed by atoms with E-state index in [0.29, 0.717) is 18.8 Å². The van der Waals surface area contributed by atoms with Crippen LogP contribution in [0.1, 0.15) is 23.2 Å². The third-order valence-electron chi connectivity index (χ3n) is 4.18. The summed E-state index contributed by atoms with van der Waals surface area (Å²) in [6.45, 7) is 1.11. The second kappa shape index (κ2) is 5.78. The van der Waals surface area contributed by atoms with Gasteiger partial charge in [0, 0.05) is 42.1 Å². The molecule has 1 unspecified atom stereocenters. The third-order valence-corrected chi connectivity index (χ3v) is 6.82. The highest BCUT2D eigenvalue weighted by atomic mass is 32.2. The number of thioether (sulfide) groups is 1. The van der Waals surface area contributed by atoms with Crippen LogP contribution in [0.25, 0.3) is 0 Å². The molecule has 3 rings (SSSR count). The Morgan fingerprint density at radius 2 is 2.29 bits per heavy atom. The van der Waals surface area contributed by atoms with E-state index in [1.54, 1.807) is 11.8 Å². The van der Waals surface area contributed by atoms with E-state index in [4.69, 9.17) is 10.7 Å². The molecule has 0 amide bonds. The first-order valence-corrected chi connectivity index (χ1v) is 10.4. The fourth-order valence-corrected chi connectivity index (χ4v) is 5.90. The number of fused-ring (bicyclic) bond motifs is 1. The number of aryl methyl sites for hydroxylation is 2. The van der Waals surface area contributed by atoms with Gasteiger partial charge < -0.3 is 10.6 Å². The standard InChI is InChI=1S/C14H21N3O2S2/c1-21(18,19)13-9-20-6-5-17(13)14-11(8-15)7-10-3-2-4-12(10)16-14/h7,13H,2-6,8-9,15H2,1H3. The molecule has 0 bridgehead atoms. The van der Waals surface area contributed by atoms with Crippen molar-refractivity contribution in [2.24, 2.45) is 5.73 Å². The molecule has 21 heavy (non-hydrogen) atoms. The van der Waals surface area contributed by atoms with Crippen molar-refractivity contribution in [1.82, 2.24) is 4.98 Å². The molecule has 0 spiro atoms. The Kier molecular flexibility index (Phi) is 4.16. The van der Waals surface area contributed by atoms with Gasteiger partial charge in [0.25, 0.3) is 0 Å². The number of nitrogens with zero attached hydrogens (tertiary/aromatic N) is 2. The Balaban J connectivity index is 2.05.